The predicted octanol–water partition coefficient (Wildman–Crippen LogP) is 2.14. The largest absolute Gasteiger partial charge is 0.383 e. The van der Waals surface area contributed by atoms with E-state index in [0.717, 1.165) is 12.6 Å². The highest BCUT2D eigenvalue weighted by molar-refractivity contribution is 4.81. The zero-order chi connectivity index (χ0) is 9.56. The van der Waals surface area contributed by atoms with Gasteiger partial charge in [0, 0.05) is 19.2 Å². The summed E-state index contributed by atoms with van der Waals surface area (Å²) in [5.74, 6) is 0. The molecule has 1 fully saturated rings. The number of rotatable bonds is 2. The second-order valence-corrected chi connectivity index (χ2v) is 3.20. The van der Waals surface area contributed by atoms with Crippen LogP contribution in [0.25, 0.3) is 0 Å². The third-order valence-electron chi connectivity index (χ3n) is 2.55. The smallest absolute Gasteiger partial charge is 0.0618 e. The van der Waals surface area contributed by atoms with E-state index in [1.165, 1.54) is 12.8 Å². The van der Waals surface area contributed by atoms with Gasteiger partial charge in [0.05, 0.1) is 6.61 Å². The fourth-order valence-electron chi connectivity index (χ4n) is 1.59. The van der Waals surface area contributed by atoms with Crippen LogP contribution in [-0.2, 0) is 4.74 Å². The fraction of sp³-hybridized carbons (Fsp3) is 1.00. The van der Waals surface area contributed by atoms with Crippen molar-refractivity contribution >= 4 is 0 Å². The molecule has 0 amide bonds. The van der Waals surface area contributed by atoms with E-state index in [2.05, 4.69) is 18.9 Å². The Morgan fingerprint density at radius 1 is 1.33 bits per heavy atom. The molecule has 2 atom stereocenters. The Bertz CT molecular complexity index is 104. The summed E-state index contributed by atoms with van der Waals surface area (Å²) in [6, 6.07) is 1.42. The monoisotopic (exact) mass is 173 g/mol. The molecule has 2 heteroatoms. The molecule has 1 aliphatic rings. The number of methoxy groups -OCH3 is 1. The fourth-order valence-corrected chi connectivity index (χ4v) is 1.59. The first kappa shape index (κ1) is 11.9. The van der Waals surface area contributed by atoms with Gasteiger partial charge < -0.3 is 4.74 Å². The lowest BCUT2D eigenvalue weighted by molar-refractivity contribution is 0.117. The molecule has 0 spiro atoms. The number of likely N-dealkylation sites (tertiary alicyclic amines) is 1. The van der Waals surface area contributed by atoms with Gasteiger partial charge >= 0.3 is 0 Å². The van der Waals surface area contributed by atoms with E-state index in [1.807, 2.05) is 13.8 Å². The van der Waals surface area contributed by atoms with Crippen LogP contribution in [0, 0.1) is 0 Å². The Morgan fingerprint density at radius 3 is 2.25 bits per heavy atom. The van der Waals surface area contributed by atoms with Crippen LogP contribution in [0.4, 0.5) is 0 Å². The van der Waals surface area contributed by atoms with Crippen LogP contribution in [0.1, 0.15) is 33.6 Å². The van der Waals surface area contributed by atoms with E-state index in [-0.39, 0.29) is 0 Å². The number of likely N-dealkylation sites (N-methyl/N-ethyl adjacent to an activating group) is 1. The number of hydrogen-bond acceptors (Lipinski definition) is 2. The second kappa shape index (κ2) is 6.44. The summed E-state index contributed by atoms with van der Waals surface area (Å²) in [5.41, 5.74) is 0. The van der Waals surface area contributed by atoms with Crippen LogP contribution in [0.15, 0.2) is 0 Å². The third-order valence-corrected chi connectivity index (χ3v) is 2.55. The average molecular weight is 173 g/mol. The molecule has 0 N–H and O–H groups in total. The molecule has 0 aromatic rings. The van der Waals surface area contributed by atoms with Crippen molar-refractivity contribution in [3.8, 4) is 0 Å². The zero-order valence-electron chi connectivity index (χ0n) is 9.13. The van der Waals surface area contributed by atoms with Crippen LogP contribution < -0.4 is 0 Å². The van der Waals surface area contributed by atoms with Crippen molar-refractivity contribution in [3.63, 3.8) is 0 Å². The third kappa shape index (κ3) is 3.11. The molecule has 1 aliphatic heterocycles. The summed E-state index contributed by atoms with van der Waals surface area (Å²) >= 11 is 0. The molecule has 0 aliphatic carbocycles. The predicted molar refractivity (Wildman–Crippen MR) is 53.5 cm³/mol. The van der Waals surface area contributed by atoms with Gasteiger partial charge in [0.1, 0.15) is 0 Å². The second-order valence-electron chi connectivity index (χ2n) is 3.20. The standard InChI is InChI=1S/C8H17NO.C2H6/c1-7-4-5-8(6-10-3)9(7)2;1-2/h7-8H,4-6H2,1-3H3;1-2H3. The van der Waals surface area contributed by atoms with Crippen molar-refractivity contribution in [2.24, 2.45) is 0 Å². The average Bonchev–Trinajstić information content (AvgIpc) is 2.41. The van der Waals surface area contributed by atoms with Gasteiger partial charge in [-0.1, -0.05) is 13.8 Å². The van der Waals surface area contributed by atoms with Crippen LogP contribution in [0.5, 0.6) is 0 Å². The van der Waals surface area contributed by atoms with Crippen LogP contribution in [0.3, 0.4) is 0 Å². The van der Waals surface area contributed by atoms with Gasteiger partial charge in [0.15, 0.2) is 0 Å². The highest BCUT2D eigenvalue weighted by atomic mass is 16.5. The highest BCUT2D eigenvalue weighted by Crippen LogP contribution is 2.21. The maximum atomic E-state index is 5.10. The maximum absolute atomic E-state index is 5.10. The van der Waals surface area contributed by atoms with E-state index in [1.54, 1.807) is 7.11 Å². The molecule has 1 heterocycles. The van der Waals surface area contributed by atoms with Crippen molar-refractivity contribution in [1.82, 2.24) is 4.90 Å². The minimum atomic E-state index is 0.667. The first-order chi connectivity index (χ1) is 5.75. The lowest BCUT2D eigenvalue weighted by Crippen LogP contribution is -2.33. The molecular formula is C10H23NO. The van der Waals surface area contributed by atoms with E-state index in [9.17, 15) is 0 Å². The van der Waals surface area contributed by atoms with Crippen LogP contribution >= 0.6 is 0 Å². The Labute approximate surface area is 76.9 Å². The Hall–Kier alpha value is -0.0800. The summed E-state index contributed by atoms with van der Waals surface area (Å²) in [6.07, 6.45) is 2.62. The van der Waals surface area contributed by atoms with Gasteiger partial charge in [0.25, 0.3) is 0 Å². The summed E-state index contributed by atoms with van der Waals surface area (Å²) in [4.78, 5) is 2.41. The molecule has 0 aromatic carbocycles. The Morgan fingerprint density at radius 2 is 1.92 bits per heavy atom. The van der Waals surface area contributed by atoms with Crippen LogP contribution in [0.2, 0.25) is 0 Å². The molecule has 2 nitrogen and oxygen atoms in total. The van der Waals surface area contributed by atoms with E-state index >= 15 is 0 Å². The normalized spacial score (nSPS) is 29.8. The van der Waals surface area contributed by atoms with E-state index in [4.69, 9.17) is 4.74 Å². The van der Waals surface area contributed by atoms with Gasteiger partial charge in [-0.2, -0.15) is 0 Å². The number of ether oxygens (including phenoxy) is 1. The maximum Gasteiger partial charge on any atom is 0.0618 e. The van der Waals surface area contributed by atoms with Crippen molar-refractivity contribution < 1.29 is 4.74 Å². The van der Waals surface area contributed by atoms with Crippen LogP contribution in [-0.4, -0.2) is 37.7 Å². The molecule has 0 saturated carbocycles. The highest BCUT2D eigenvalue weighted by Gasteiger charge is 2.26. The topological polar surface area (TPSA) is 12.5 Å². The Kier molecular flexibility index (Phi) is 6.39. The lowest BCUT2D eigenvalue weighted by Gasteiger charge is -2.22. The minimum absolute atomic E-state index is 0.667. The number of hydrogen-bond donors (Lipinski definition) is 0. The van der Waals surface area contributed by atoms with E-state index < -0.39 is 0 Å². The quantitative estimate of drug-likeness (QED) is 0.634. The molecule has 0 radical (unpaired) electrons. The minimum Gasteiger partial charge on any atom is -0.383 e. The molecule has 0 aromatic heterocycles. The first-order valence-electron chi connectivity index (χ1n) is 4.96. The van der Waals surface area contributed by atoms with Gasteiger partial charge in [-0.3, -0.25) is 4.90 Å². The number of nitrogens with zero attached hydrogens (tertiary/aromatic N) is 1. The van der Waals surface area contributed by atoms with Crippen molar-refractivity contribution in [3.05, 3.63) is 0 Å². The summed E-state index contributed by atoms with van der Waals surface area (Å²) in [7, 11) is 3.96. The molecule has 74 valence electrons. The molecule has 12 heavy (non-hydrogen) atoms. The molecule has 1 rings (SSSR count). The molecular weight excluding hydrogens is 150 g/mol. The first-order valence-corrected chi connectivity index (χ1v) is 4.96. The SMILES string of the molecule is CC.COCC1CCC(C)N1C. The summed E-state index contributed by atoms with van der Waals surface area (Å²) < 4.78 is 5.10. The molecule has 0 bridgehead atoms. The van der Waals surface area contributed by atoms with Gasteiger partial charge in [-0.15, -0.1) is 0 Å². The summed E-state index contributed by atoms with van der Waals surface area (Å²) in [6.45, 7) is 7.16. The lowest BCUT2D eigenvalue weighted by atomic mass is 10.2. The van der Waals surface area contributed by atoms with Crippen molar-refractivity contribution in [2.75, 3.05) is 20.8 Å². The summed E-state index contributed by atoms with van der Waals surface area (Å²) in [5, 5.41) is 0. The van der Waals surface area contributed by atoms with Crippen molar-refractivity contribution in [2.45, 2.75) is 45.7 Å². The molecule has 1 saturated heterocycles. The van der Waals surface area contributed by atoms with Gasteiger partial charge in [-0.25, -0.2) is 0 Å². The van der Waals surface area contributed by atoms with Gasteiger partial charge in [0.2, 0.25) is 0 Å². The van der Waals surface area contributed by atoms with Crippen molar-refractivity contribution in [1.29, 1.82) is 0 Å². The van der Waals surface area contributed by atoms with Gasteiger partial charge in [-0.05, 0) is 26.8 Å². The molecule has 2 unspecified atom stereocenters. The Balaban J connectivity index is 0.000000561. The van der Waals surface area contributed by atoms with E-state index in [0.29, 0.717) is 6.04 Å². The zero-order valence-corrected chi connectivity index (χ0v) is 9.13.